The Bertz CT molecular complexity index is 839. The number of aromatic nitrogens is 1. The number of fused-ring (bicyclic) bond motifs is 1. The first-order valence-electron chi connectivity index (χ1n) is 9.86. The molecule has 1 atom stereocenters. The van der Waals surface area contributed by atoms with Gasteiger partial charge in [0.2, 0.25) is 18.6 Å². The molecule has 0 saturated heterocycles. The highest BCUT2D eigenvalue weighted by molar-refractivity contribution is 5.88. The van der Waals surface area contributed by atoms with Gasteiger partial charge in [-0.25, -0.2) is 0 Å². The number of rotatable bonds is 9. The number of carbonyl (C=O) groups excluding carboxylic acids is 2. The first-order valence-corrected chi connectivity index (χ1v) is 9.86. The summed E-state index contributed by atoms with van der Waals surface area (Å²) in [5, 5.41) is 5.80. The number of amides is 2. The highest BCUT2D eigenvalue weighted by Crippen LogP contribution is 2.32. The van der Waals surface area contributed by atoms with Gasteiger partial charge >= 0.3 is 0 Å². The molecule has 1 aromatic carbocycles. The number of nitrogens with one attached hydrogen (secondary N) is 2. The molecule has 154 valence electrons. The van der Waals surface area contributed by atoms with Crippen LogP contribution >= 0.6 is 0 Å². The van der Waals surface area contributed by atoms with Crippen molar-refractivity contribution in [3.05, 3.63) is 53.9 Å². The van der Waals surface area contributed by atoms with E-state index in [2.05, 4.69) is 15.6 Å². The zero-order chi connectivity index (χ0) is 20.6. The number of carbonyl (C=O) groups is 2. The van der Waals surface area contributed by atoms with E-state index in [1.165, 1.54) is 0 Å². The molecule has 7 heteroatoms. The SMILES string of the molecule is CC(C)C[C@@H](NC(=O)Cc1ccc2c(c1)OCO2)C(=O)NCCc1cccnc1. The van der Waals surface area contributed by atoms with Crippen LogP contribution in [0.4, 0.5) is 0 Å². The molecular weight excluding hydrogens is 370 g/mol. The largest absolute Gasteiger partial charge is 0.454 e. The van der Waals surface area contributed by atoms with Crippen molar-refractivity contribution in [2.75, 3.05) is 13.3 Å². The summed E-state index contributed by atoms with van der Waals surface area (Å²) < 4.78 is 10.6. The van der Waals surface area contributed by atoms with Crippen LogP contribution in [-0.2, 0) is 22.4 Å². The lowest BCUT2D eigenvalue weighted by Crippen LogP contribution is -2.48. The topological polar surface area (TPSA) is 89.5 Å². The molecule has 0 unspecified atom stereocenters. The maximum atomic E-state index is 12.6. The minimum Gasteiger partial charge on any atom is -0.454 e. The van der Waals surface area contributed by atoms with Crippen molar-refractivity contribution in [3.8, 4) is 11.5 Å². The summed E-state index contributed by atoms with van der Waals surface area (Å²) >= 11 is 0. The van der Waals surface area contributed by atoms with E-state index in [0.717, 1.165) is 11.1 Å². The second-order valence-electron chi connectivity index (χ2n) is 7.52. The van der Waals surface area contributed by atoms with Crippen LogP contribution in [0.15, 0.2) is 42.7 Å². The predicted octanol–water partition coefficient (Wildman–Crippen LogP) is 2.24. The third-order valence-corrected chi connectivity index (χ3v) is 4.60. The van der Waals surface area contributed by atoms with Crippen molar-refractivity contribution in [1.82, 2.24) is 15.6 Å². The van der Waals surface area contributed by atoms with E-state index < -0.39 is 6.04 Å². The molecule has 3 rings (SSSR count). The van der Waals surface area contributed by atoms with Gasteiger partial charge in [0.1, 0.15) is 6.04 Å². The fourth-order valence-corrected chi connectivity index (χ4v) is 3.18. The molecule has 2 N–H and O–H groups in total. The van der Waals surface area contributed by atoms with E-state index in [1.807, 2.05) is 32.0 Å². The lowest BCUT2D eigenvalue weighted by molar-refractivity contribution is -0.129. The molecular formula is C22H27N3O4. The normalized spacial score (nSPS) is 13.2. The molecule has 2 aromatic rings. The maximum Gasteiger partial charge on any atom is 0.242 e. The second-order valence-corrected chi connectivity index (χ2v) is 7.52. The number of pyridine rings is 1. The second kappa shape index (κ2) is 9.91. The lowest BCUT2D eigenvalue weighted by Gasteiger charge is -2.20. The fourth-order valence-electron chi connectivity index (χ4n) is 3.18. The summed E-state index contributed by atoms with van der Waals surface area (Å²) in [6.45, 7) is 4.75. The summed E-state index contributed by atoms with van der Waals surface area (Å²) in [5.74, 6) is 1.23. The molecule has 7 nitrogen and oxygen atoms in total. The van der Waals surface area contributed by atoms with E-state index in [1.54, 1.807) is 24.5 Å². The Labute approximate surface area is 170 Å². The highest BCUT2D eigenvalue weighted by atomic mass is 16.7. The van der Waals surface area contributed by atoms with Gasteiger partial charge in [0.05, 0.1) is 6.42 Å². The average molecular weight is 397 g/mol. The number of benzene rings is 1. The standard InChI is InChI=1S/C22H27N3O4/c1-15(2)10-18(22(27)24-9-7-16-4-3-8-23-13-16)25-21(26)12-17-5-6-19-20(11-17)29-14-28-19/h3-6,8,11,13,15,18H,7,9-10,12,14H2,1-2H3,(H,24,27)(H,25,26)/t18-/m1/s1. The summed E-state index contributed by atoms with van der Waals surface area (Å²) in [5.41, 5.74) is 1.87. The van der Waals surface area contributed by atoms with E-state index in [0.29, 0.717) is 30.9 Å². The van der Waals surface area contributed by atoms with Gasteiger partial charge in [-0.1, -0.05) is 26.0 Å². The Hall–Kier alpha value is -3.09. The molecule has 1 aromatic heterocycles. The van der Waals surface area contributed by atoms with E-state index >= 15 is 0 Å². The first-order chi connectivity index (χ1) is 14.0. The Morgan fingerprint density at radius 3 is 2.72 bits per heavy atom. The van der Waals surface area contributed by atoms with Gasteiger partial charge < -0.3 is 20.1 Å². The molecule has 0 saturated carbocycles. The maximum absolute atomic E-state index is 12.6. The molecule has 2 heterocycles. The number of nitrogens with zero attached hydrogens (tertiary/aromatic N) is 1. The van der Waals surface area contributed by atoms with Crippen LogP contribution in [-0.4, -0.2) is 36.2 Å². The van der Waals surface area contributed by atoms with Crippen molar-refractivity contribution in [2.45, 2.75) is 39.2 Å². The van der Waals surface area contributed by atoms with Gasteiger partial charge in [-0.2, -0.15) is 0 Å². The van der Waals surface area contributed by atoms with Crippen LogP contribution in [0, 0.1) is 5.92 Å². The summed E-state index contributed by atoms with van der Waals surface area (Å²) in [6, 6.07) is 8.70. The van der Waals surface area contributed by atoms with Crippen molar-refractivity contribution >= 4 is 11.8 Å². The Balaban J connectivity index is 1.53. The van der Waals surface area contributed by atoms with Gasteiger partial charge in [-0.15, -0.1) is 0 Å². The molecule has 0 bridgehead atoms. The molecule has 0 spiro atoms. The predicted molar refractivity (Wildman–Crippen MR) is 109 cm³/mol. The van der Waals surface area contributed by atoms with Gasteiger partial charge in [0.25, 0.3) is 0 Å². The summed E-state index contributed by atoms with van der Waals surface area (Å²) in [6.07, 6.45) is 4.94. The minimum absolute atomic E-state index is 0.165. The van der Waals surface area contributed by atoms with Gasteiger partial charge in [-0.3, -0.25) is 14.6 Å². The molecule has 1 aliphatic heterocycles. The van der Waals surface area contributed by atoms with Crippen LogP contribution < -0.4 is 20.1 Å². The van der Waals surface area contributed by atoms with Gasteiger partial charge in [0.15, 0.2) is 11.5 Å². The quantitative estimate of drug-likeness (QED) is 0.677. The van der Waals surface area contributed by atoms with Crippen LogP contribution in [0.3, 0.4) is 0 Å². The molecule has 29 heavy (non-hydrogen) atoms. The molecule has 0 fully saturated rings. The van der Waals surface area contributed by atoms with Crippen LogP contribution in [0.2, 0.25) is 0 Å². The Morgan fingerprint density at radius 2 is 1.97 bits per heavy atom. The third kappa shape index (κ3) is 6.20. The number of ether oxygens (including phenoxy) is 2. The van der Waals surface area contributed by atoms with Crippen molar-refractivity contribution in [2.24, 2.45) is 5.92 Å². The molecule has 2 amide bonds. The molecule has 0 aliphatic carbocycles. The average Bonchev–Trinajstić information content (AvgIpc) is 3.15. The third-order valence-electron chi connectivity index (χ3n) is 4.60. The van der Waals surface area contributed by atoms with Crippen molar-refractivity contribution in [3.63, 3.8) is 0 Å². The van der Waals surface area contributed by atoms with E-state index in [4.69, 9.17) is 9.47 Å². The van der Waals surface area contributed by atoms with Crippen molar-refractivity contribution < 1.29 is 19.1 Å². The fraction of sp³-hybridized carbons (Fsp3) is 0.409. The zero-order valence-electron chi connectivity index (χ0n) is 16.8. The Kier molecular flexibility index (Phi) is 7.05. The van der Waals surface area contributed by atoms with Gasteiger partial charge in [0, 0.05) is 18.9 Å². The zero-order valence-corrected chi connectivity index (χ0v) is 16.8. The number of hydrogen-bond donors (Lipinski definition) is 2. The van der Waals surface area contributed by atoms with E-state index in [-0.39, 0.29) is 30.9 Å². The first kappa shape index (κ1) is 20.6. The summed E-state index contributed by atoms with van der Waals surface area (Å²) in [4.78, 5) is 29.2. The van der Waals surface area contributed by atoms with Crippen LogP contribution in [0.1, 0.15) is 31.4 Å². The molecule has 1 aliphatic rings. The Morgan fingerprint density at radius 1 is 1.14 bits per heavy atom. The lowest BCUT2D eigenvalue weighted by atomic mass is 10.0. The number of hydrogen-bond acceptors (Lipinski definition) is 5. The highest BCUT2D eigenvalue weighted by Gasteiger charge is 2.22. The van der Waals surface area contributed by atoms with Crippen LogP contribution in [0.25, 0.3) is 0 Å². The van der Waals surface area contributed by atoms with Crippen molar-refractivity contribution in [1.29, 1.82) is 0 Å². The minimum atomic E-state index is -0.564. The molecule has 0 radical (unpaired) electrons. The van der Waals surface area contributed by atoms with E-state index in [9.17, 15) is 9.59 Å². The smallest absolute Gasteiger partial charge is 0.242 e. The monoisotopic (exact) mass is 397 g/mol. The van der Waals surface area contributed by atoms with Crippen LogP contribution in [0.5, 0.6) is 11.5 Å². The summed E-state index contributed by atoms with van der Waals surface area (Å²) in [7, 11) is 0. The van der Waals surface area contributed by atoms with Gasteiger partial charge in [-0.05, 0) is 48.1 Å².